The van der Waals surface area contributed by atoms with Crippen molar-refractivity contribution >= 4 is 17.9 Å². The number of carbonyl (C=O) groups is 3. The van der Waals surface area contributed by atoms with Gasteiger partial charge in [0.2, 0.25) is 0 Å². The summed E-state index contributed by atoms with van der Waals surface area (Å²) >= 11 is 0. The Bertz CT molecular complexity index is 1910. The topological polar surface area (TPSA) is 88.1 Å². The highest BCUT2D eigenvalue weighted by Crippen LogP contribution is 2.47. The van der Waals surface area contributed by atoms with Crippen LogP contribution in [-0.4, -0.2) is 25.0 Å². The summed E-state index contributed by atoms with van der Waals surface area (Å²) in [4.78, 5) is 36.6. The minimum absolute atomic E-state index is 0.0939. The molecule has 0 unspecified atom stereocenters. The van der Waals surface area contributed by atoms with Crippen molar-refractivity contribution in [1.82, 2.24) is 0 Å². The second kappa shape index (κ2) is 17.5. The first-order chi connectivity index (χ1) is 26.1. The minimum atomic E-state index is -0.770. The van der Waals surface area contributed by atoms with E-state index in [1.165, 1.54) is 42.4 Å². The highest BCUT2D eigenvalue weighted by Gasteiger charge is 2.37. The van der Waals surface area contributed by atoms with Crippen molar-refractivity contribution in [2.45, 2.75) is 121 Å². The van der Waals surface area contributed by atoms with E-state index in [2.05, 4.69) is 49.4 Å². The van der Waals surface area contributed by atoms with Crippen LogP contribution >= 0.6 is 0 Å². The standard InChI is InChI=1S/C47H54O7/c1-33-31-38(19-25-42(33)51-4)47(29-11-6-12-30-47)39-20-26-43(34(2)32-39)54-45(50)53-41-23-17-37(18-24-41)46(27-9-5-10-28-46)36-15-21-40(22-16-36)52-44(49)14-8-7-13-35(3)48/h15-26,31-32H,5-14,27-30H2,1-4H3. The molecule has 7 heteroatoms. The largest absolute Gasteiger partial charge is 0.519 e. The van der Waals surface area contributed by atoms with E-state index in [4.69, 9.17) is 18.9 Å². The van der Waals surface area contributed by atoms with Gasteiger partial charge in [0.1, 0.15) is 28.8 Å². The van der Waals surface area contributed by atoms with Gasteiger partial charge in [-0.15, -0.1) is 0 Å². The van der Waals surface area contributed by atoms with Gasteiger partial charge in [0.25, 0.3) is 0 Å². The molecule has 0 bridgehead atoms. The number of hydrogen-bond acceptors (Lipinski definition) is 7. The summed E-state index contributed by atoms with van der Waals surface area (Å²) in [6.07, 6.45) is 12.5. The second-order valence-electron chi connectivity index (χ2n) is 15.3. The molecule has 0 amide bonds. The molecular weight excluding hydrogens is 677 g/mol. The third-order valence-electron chi connectivity index (χ3n) is 11.7. The number of ketones is 1. The van der Waals surface area contributed by atoms with E-state index in [0.717, 1.165) is 61.0 Å². The monoisotopic (exact) mass is 730 g/mol. The Kier molecular flexibility index (Phi) is 12.6. The Morgan fingerprint density at radius 2 is 0.981 bits per heavy atom. The summed E-state index contributed by atoms with van der Waals surface area (Å²) in [7, 11) is 1.71. The minimum Gasteiger partial charge on any atom is -0.496 e. The number of hydrogen-bond donors (Lipinski definition) is 0. The van der Waals surface area contributed by atoms with Crippen LogP contribution in [0.5, 0.6) is 23.0 Å². The number of benzene rings is 4. The average molecular weight is 731 g/mol. The third kappa shape index (κ3) is 8.89. The van der Waals surface area contributed by atoms with Crippen LogP contribution in [-0.2, 0) is 20.4 Å². The zero-order chi connectivity index (χ0) is 38.1. The molecule has 0 spiro atoms. The predicted molar refractivity (Wildman–Crippen MR) is 211 cm³/mol. The maximum absolute atomic E-state index is 13.1. The molecule has 2 aliphatic carbocycles. The SMILES string of the molecule is COc1ccc(C2(c3ccc(OC(=O)Oc4ccc(C5(c6ccc(OC(=O)CCCCC(C)=O)cc6)CCCCC5)cc4)c(C)c3)CCCCC2)cc1C. The van der Waals surface area contributed by atoms with E-state index in [1.807, 2.05) is 49.4 Å². The summed E-state index contributed by atoms with van der Waals surface area (Å²) < 4.78 is 22.6. The van der Waals surface area contributed by atoms with Crippen LogP contribution in [0.4, 0.5) is 4.79 Å². The number of aryl methyl sites for hydroxylation is 2. The van der Waals surface area contributed by atoms with Crippen molar-refractivity contribution in [1.29, 1.82) is 0 Å². The predicted octanol–water partition coefficient (Wildman–Crippen LogP) is 11.4. The van der Waals surface area contributed by atoms with Gasteiger partial charge < -0.3 is 23.7 Å². The van der Waals surface area contributed by atoms with Crippen LogP contribution in [0.25, 0.3) is 0 Å². The number of Topliss-reactive ketones (excluding diaryl/α,β-unsaturated/α-hetero) is 1. The molecule has 0 saturated heterocycles. The van der Waals surface area contributed by atoms with Gasteiger partial charge in [0.05, 0.1) is 7.11 Å². The Balaban J connectivity index is 1.11. The van der Waals surface area contributed by atoms with Gasteiger partial charge in [-0.3, -0.25) is 4.79 Å². The van der Waals surface area contributed by atoms with E-state index < -0.39 is 6.16 Å². The highest BCUT2D eigenvalue weighted by atomic mass is 16.7. The number of ether oxygens (including phenoxy) is 4. The van der Waals surface area contributed by atoms with Crippen molar-refractivity contribution in [2.75, 3.05) is 7.11 Å². The molecule has 4 aromatic rings. The molecule has 2 saturated carbocycles. The Hall–Kier alpha value is -4.91. The maximum Gasteiger partial charge on any atom is 0.519 e. The molecule has 0 aliphatic heterocycles. The zero-order valence-corrected chi connectivity index (χ0v) is 32.3. The van der Waals surface area contributed by atoms with Gasteiger partial charge in [-0.1, -0.05) is 87.1 Å². The van der Waals surface area contributed by atoms with Crippen LogP contribution in [0.15, 0.2) is 84.9 Å². The molecule has 0 atom stereocenters. The summed E-state index contributed by atoms with van der Waals surface area (Å²) in [6, 6.07) is 28.4. The number of carbonyl (C=O) groups excluding carboxylic acids is 3. The van der Waals surface area contributed by atoms with E-state index in [1.54, 1.807) is 14.0 Å². The van der Waals surface area contributed by atoms with E-state index in [0.29, 0.717) is 42.9 Å². The quantitative estimate of drug-likeness (QED) is 0.0585. The zero-order valence-electron chi connectivity index (χ0n) is 32.3. The first-order valence-corrected chi connectivity index (χ1v) is 19.7. The molecule has 54 heavy (non-hydrogen) atoms. The fourth-order valence-corrected chi connectivity index (χ4v) is 8.75. The van der Waals surface area contributed by atoms with Gasteiger partial charge in [-0.25, -0.2) is 4.79 Å². The third-order valence-corrected chi connectivity index (χ3v) is 11.7. The van der Waals surface area contributed by atoms with Crippen molar-refractivity contribution in [3.8, 4) is 23.0 Å². The molecule has 4 aromatic carbocycles. The van der Waals surface area contributed by atoms with Crippen LogP contribution in [0.3, 0.4) is 0 Å². The molecule has 2 aliphatic rings. The Morgan fingerprint density at radius 1 is 0.537 bits per heavy atom. The van der Waals surface area contributed by atoms with E-state index in [9.17, 15) is 14.4 Å². The summed E-state index contributed by atoms with van der Waals surface area (Å²) in [6.45, 7) is 5.64. The number of rotatable bonds is 13. The lowest BCUT2D eigenvalue weighted by atomic mass is 9.65. The van der Waals surface area contributed by atoms with Gasteiger partial charge in [-0.2, -0.15) is 0 Å². The Labute approximate surface area is 320 Å². The van der Waals surface area contributed by atoms with Crippen molar-refractivity contribution in [3.05, 3.63) is 118 Å². The van der Waals surface area contributed by atoms with Gasteiger partial charge >= 0.3 is 12.1 Å². The van der Waals surface area contributed by atoms with Gasteiger partial charge in [-0.05, 0) is 129 Å². The lowest BCUT2D eigenvalue weighted by molar-refractivity contribution is -0.134. The van der Waals surface area contributed by atoms with Crippen molar-refractivity contribution in [3.63, 3.8) is 0 Å². The molecule has 0 heterocycles. The molecular formula is C47H54O7. The molecule has 6 rings (SSSR count). The van der Waals surface area contributed by atoms with Gasteiger partial charge in [0, 0.05) is 23.7 Å². The maximum atomic E-state index is 13.1. The average Bonchev–Trinajstić information content (AvgIpc) is 3.18. The first-order valence-electron chi connectivity index (χ1n) is 19.7. The lowest BCUT2D eigenvalue weighted by Crippen LogP contribution is -2.30. The Morgan fingerprint density at radius 3 is 1.46 bits per heavy atom. The number of unbranched alkanes of at least 4 members (excludes halogenated alkanes) is 1. The van der Waals surface area contributed by atoms with Crippen LogP contribution in [0, 0.1) is 13.8 Å². The van der Waals surface area contributed by atoms with Crippen molar-refractivity contribution < 1.29 is 33.3 Å². The second-order valence-corrected chi connectivity index (χ2v) is 15.3. The first kappa shape index (κ1) is 38.8. The molecule has 0 aromatic heterocycles. The van der Waals surface area contributed by atoms with Crippen LogP contribution in [0.2, 0.25) is 0 Å². The van der Waals surface area contributed by atoms with E-state index in [-0.39, 0.29) is 22.6 Å². The van der Waals surface area contributed by atoms with Crippen LogP contribution < -0.4 is 18.9 Å². The number of methoxy groups -OCH3 is 1. The number of esters is 1. The summed E-state index contributed by atoms with van der Waals surface area (Å²) in [5.74, 6) is 2.18. The van der Waals surface area contributed by atoms with Crippen LogP contribution in [0.1, 0.15) is 130 Å². The molecule has 7 nitrogen and oxygen atoms in total. The lowest BCUT2D eigenvalue weighted by Gasteiger charge is -2.39. The molecule has 2 fully saturated rings. The fourth-order valence-electron chi connectivity index (χ4n) is 8.75. The highest BCUT2D eigenvalue weighted by molar-refractivity contribution is 5.75. The molecule has 0 N–H and O–H groups in total. The van der Waals surface area contributed by atoms with E-state index >= 15 is 0 Å². The molecule has 0 radical (unpaired) electrons. The fraction of sp³-hybridized carbons (Fsp3) is 0.426. The van der Waals surface area contributed by atoms with Gasteiger partial charge in [0.15, 0.2) is 0 Å². The van der Waals surface area contributed by atoms with Crippen molar-refractivity contribution in [2.24, 2.45) is 0 Å². The normalized spacial score (nSPS) is 16.2. The molecule has 284 valence electrons. The summed E-state index contributed by atoms with van der Waals surface area (Å²) in [5, 5.41) is 0. The summed E-state index contributed by atoms with van der Waals surface area (Å²) in [5.41, 5.74) is 6.62. The smallest absolute Gasteiger partial charge is 0.496 e.